The number of allylic oxidation sites excluding steroid dienone is 1. The standard InChI is InChI=1S/C17H13BrO4/c1-20-12-5-3-10(15(9-12)21-2)7-16-17(19)13-8-11(18)4-6-14(13)22-16/h3-9H,1-2H3/b16-7-. The number of carbonyl (C=O) groups is 1. The normalized spacial score (nSPS) is 14.7. The van der Waals surface area contributed by atoms with Crippen molar-refractivity contribution in [2.45, 2.75) is 0 Å². The Hall–Kier alpha value is -2.27. The maximum absolute atomic E-state index is 12.4. The summed E-state index contributed by atoms with van der Waals surface area (Å²) in [6.45, 7) is 0. The first-order valence-electron chi connectivity index (χ1n) is 6.58. The van der Waals surface area contributed by atoms with Crippen molar-refractivity contribution in [1.82, 2.24) is 0 Å². The molecule has 2 aromatic rings. The average Bonchev–Trinajstić information content (AvgIpc) is 2.84. The molecule has 0 radical (unpaired) electrons. The highest BCUT2D eigenvalue weighted by Gasteiger charge is 2.27. The highest BCUT2D eigenvalue weighted by molar-refractivity contribution is 9.10. The molecule has 1 heterocycles. The Kier molecular flexibility index (Phi) is 3.90. The Labute approximate surface area is 136 Å². The monoisotopic (exact) mass is 360 g/mol. The van der Waals surface area contributed by atoms with E-state index < -0.39 is 0 Å². The maximum atomic E-state index is 12.4. The number of ether oxygens (including phenoxy) is 3. The van der Waals surface area contributed by atoms with E-state index in [1.54, 1.807) is 44.6 Å². The first-order chi connectivity index (χ1) is 10.6. The lowest BCUT2D eigenvalue weighted by molar-refractivity contribution is 0.101. The van der Waals surface area contributed by atoms with Crippen LogP contribution in [0.1, 0.15) is 15.9 Å². The molecule has 5 heteroatoms. The number of fused-ring (bicyclic) bond motifs is 1. The fourth-order valence-corrected chi connectivity index (χ4v) is 2.60. The molecular formula is C17H13BrO4. The van der Waals surface area contributed by atoms with E-state index in [2.05, 4.69) is 15.9 Å². The SMILES string of the molecule is COc1ccc(/C=C2\Oc3ccc(Br)cc3C2=O)c(OC)c1. The molecule has 0 saturated carbocycles. The maximum Gasteiger partial charge on any atom is 0.232 e. The average molecular weight is 361 g/mol. The van der Waals surface area contributed by atoms with Gasteiger partial charge in [-0.15, -0.1) is 0 Å². The van der Waals surface area contributed by atoms with Crippen LogP contribution in [0.3, 0.4) is 0 Å². The molecule has 0 aromatic heterocycles. The molecule has 0 fully saturated rings. The summed E-state index contributed by atoms with van der Waals surface area (Å²) < 4.78 is 17.0. The minimum Gasteiger partial charge on any atom is -0.497 e. The van der Waals surface area contributed by atoms with E-state index in [0.717, 1.165) is 10.0 Å². The number of methoxy groups -OCH3 is 2. The molecule has 112 valence electrons. The van der Waals surface area contributed by atoms with Crippen molar-refractivity contribution in [2.75, 3.05) is 14.2 Å². The van der Waals surface area contributed by atoms with Crippen LogP contribution in [0.25, 0.3) is 6.08 Å². The Morgan fingerprint density at radius 3 is 2.64 bits per heavy atom. The molecule has 0 unspecified atom stereocenters. The third kappa shape index (κ3) is 2.60. The highest BCUT2D eigenvalue weighted by atomic mass is 79.9. The van der Waals surface area contributed by atoms with Gasteiger partial charge in [0.25, 0.3) is 0 Å². The van der Waals surface area contributed by atoms with Crippen molar-refractivity contribution in [3.63, 3.8) is 0 Å². The van der Waals surface area contributed by atoms with Gasteiger partial charge in [0.2, 0.25) is 5.78 Å². The fourth-order valence-electron chi connectivity index (χ4n) is 2.24. The summed E-state index contributed by atoms with van der Waals surface area (Å²) in [5.74, 6) is 1.99. The number of rotatable bonds is 3. The van der Waals surface area contributed by atoms with Crippen LogP contribution in [0.5, 0.6) is 17.2 Å². The molecule has 22 heavy (non-hydrogen) atoms. The lowest BCUT2D eigenvalue weighted by Crippen LogP contribution is -1.99. The van der Waals surface area contributed by atoms with Gasteiger partial charge in [-0.1, -0.05) is 15.9 Å². The zero-order chi connectivity index (χ0) is 15.7. The van der Waals surface area contributed by atoms with E-state index in [1.807, 2.05) is 12.1 Å². The second kappa shape index (κ2) is 5.85. The second-order valence-corrected chi connectivity index (χ2v) is 5.60. The lowest BCUT2D eigenvalue weighted by Gasteiger charge is -2.07. The van der Waals surface area contributed by atoms with Gasteiger partial charge in [0.15, 0.2) is 5.76 Å². The van der Waals surface area contributed by atoms with E-state index in [9.17, 15) is 4.79 Å². The Bertz CT molecular complexity index is 780. The fraction of sp³-hybridized carbons (Fsp3) is 0.118. The summed E-state index contributed by atoms with van der Waals surface area (Å²) in [6.07, 6.45) is 1.68. The molecule has 0 N–H and O–H groups in total. The van der Waals surface area contributed by atoms with Gasteiger partial charge in [-0.25, -0.2) is 0 Å². The smallest absolute Gasteiger partial charge is 0.232 e. The lowest BCUT2D eigenvalue weighted by atomic mass is 10.1. The van der Waals surface area contributed by atoms with Crippen molar-refractivity contribution in [1.29, 1.82) is 0 Å². The van der Waals surface area contributed by atoms with E-state index in [1.165, 1.54) is 0 Å². The third-order valence-corrected chi connectivity index (χ3v) is 3.85. The quantitative estimate of drug-likeness (QED) is 0.773. The first-order valence-corrected chi connectivity index (χ1v) is 7.37. The number of hydrogen-bond acceptors (Lipinski definition) is 4. The second-order valence-electron chi connectivity index (χ2n) is 4.69. The summed E-state index contributed by atoms with van der Waals surface area (Å²) in [5, 5.41) is 0. The van der Waals surface area contributed by atoms with Crippen molar-refractivity contribution < 1.29 is 19.0 Å². The van der Waals surface area contributed by atoms with Crippen LogP contribution in [0.4, 0.5) is 0 Å². The zero-order valence-electron chi connectivity index (χ0n) is 12.1. The Morgan fingerprint density at radius 2 is 1.91 bits per heavy atom. The molecule has 1 aliphatic heterocycles. The number of ketones is 1. The molecule has 2 aromatic carbocycles. The summed E-state index contributed by atoms with van der Waals surface area (Å²) >= 11 is 3.36. The molecule has 4 nitrogen and oxygen atoms in total. The first kappa shape index (κ1) is 14.7. The number of benzene rings is 2. The highest BCUT2D eigenvalue weighted by Crippen LogP contribution is 2.35. The van der Waals surface area contributed by atoms with Gasteiger partial charge in [0.05, 0.1) is 19.8 Å². The molecule has 0 spiro atoms. The van der Waals surface area contributed by atoms with Crippen LogP contribution in [-0.4, -0.2) is 20.0 Å². The van der Waals surface area contributed by atoms with Crippen LogP contribution in [0.2, 0.25) is 0 Å². The molecule has 0 amide bonds. The summed E-state index contributed by atoms with van der Waals surface area (Å²) in [6, 6.07) is 10.7. The predicted molar refractivity (Wildman–Crippen MR) is 86.6 cm³/mol. The molecule has 0 aliphatic carbocycles. The number of carbonyl (C=O) groups excluding carboxylic acids is 1. The molecule has 0 saturated heterocycles. The van der Waals surface area contributed by atoms with Crippen LogP contribution < -0.4 is 14.2 Å². The number of hydrogen-bond donors (Lipinski definition) is 0. The molecule has 0 bridgehead atoms. The van der Waals surface area contributed by atoms with Crippen molar-refractivity contribution in [3.05, 3.63) is 57.8 Å². The van der Waals surface area contributed by atoms with Crippen molar-refractivity contribution in [3.8, 4) is 17.2 Å². The summed E-state index contributed by atoms with van der Waals surface area (Å²) in [4.78, 5) is 12.4. The third-order valence-electron chi connectivity index (χ3n) is 3.36. The van der Waals surface area contributed by atoms with Crippen LogP contribution in [0.15, 0.2) is 46.6 Å². The van der Waals surface area contributed by atoms with Crippen LogP contribution >= 0.6 is 15.9 Å². The van der Waals surface area contributed by atoms with Gasteiger partial charge >= 0.3 is 0 Å². The van der Waals surface area contributed by atoms with E-state index >= 15 is 0 Å². The van der Waals surface area contributed by atoms with Crippen molar-refractivity contribution >= 4 is 27.8 Å². The molecule has 3 rings (SSSR count). The van der Waals surface area contributed by atoms with Gasteiger partial charge in [-0.3, -0.25) is 4.79 Å². The van der Waals surface area contributed by atoms with E-state index in [-0.39, 0.29) is 11.5 Å². The number of Topliss-reactive ketones (excluding diaryl/α,β-unsaturated/α-hetero) is 1. The number of halogens is 1. The molecular weight excluding hydrogens is 348 g/mol. The van der Waals surface area contributed by atoms with Gasteiger partial charge in [-0.2, -0.15) is 0 Å². The minimum absolute atomic E-state index is 0.144. The van der Waals surface area contributed by atoms with Gasteiger partial charge < -0.3 is 14.2 Å². The molecule has 1 aliphatic rings. The zero-order valence-corrected chi connectivity index (χ0v) is 13.6. The van der Waals surface area contributed by atoms with Gasteiger partial charge in [0.1, 0.15) is 17.2 Å². The van der Waals surface area contributed by atoms with Crippen molar-refractivity contribution in [2.24, 2.45) is 0 Å². The predicted octanol–water partition coefficient (Wildman–Crippen LogP) is 4.08. The van der Waals surface area contributed by atoms with Crippen LogP contribution in [-0.2, 0) is 0 Å². The summed E-state index contributed by atoms with van der Waals surface area (Å²) in [5.41, 5.74) is 1.30. The summed E-state index contributed by atoms with van der Waals surface area (Å²) in [7, 11) is 3.16. The van der Waals surface area contributed by atoms with Gasteiger partial charge in [0, 0.05) is 16.1 Å². The molecule has 0 atom stereocenters. The minimum atomic E-state index is -0.144. The Morgan fingerprint density at radius 1 is 1.09 bits per heavy atom. The van der Waals surface area contributed by atoms with E-state index in [0.29, 0.717) is 22.8 Å². The van der Waals surface area contributed by atoms with Gasteiger partial charge in [-0.05, 0) is 36.4 Å². The van der Waals surface area contributed by atoms with E-state index in [4.69, 9.17) is 14.2 Å². The van der Waals surface area contributed by atoms with Crippen LogP contribution in [0, 0.1) is 0 Å². The Balaban J connectivity index is 1.99. The topological polar surface area (TPSA) is 44.8 Å². The largest absolute Gasteiger partial charge is 0.497 e.